The Morgan fingerprint density at radius 2 is 1.05 bits per heavy atom. The van der Waals surface area contributed by atoms with Crippen molar-refractivity contribution in [2.75, 3.05) is 0 Å². The summed E-state index contributed by atoms with van der Waals surface area (Å²) >= 11 is 0. The summed E-state index contributed by atoms with van der Waals surface area (Å²) in [5, 5.41) is 0. The van der Waals surface area contributed by atoms with Crippen LogP contribution < -0.4 is 5.73 Å². The van der Waals surface area contributed by atoms with E-state index < -0.39 is 0 Å². The molecule has 0 heterocycles. The lowest BCUT2D eigenvalue weighted by molar-refractivity contribution is 0.316. The van der Waals surface area contributed by atoms with Crippen LogP contribution in [0.25, 0.3) is 0 Å². The number of nitrogens with two attached hydrogens (primary N) is 1. The van der Waals surface area contributed by atoms with E-state index in [1.165, 1.54) is 83.5 Å². The topological polar surface area (TPSA) is 26.0 Å². The van der Waals surface area contributed by atoms with E-state index >= 15 is 0 Å². The lowest BCUT2D eigenvalue weighted by Gasteiger charge is -2.27. The maximum absolute atomic E-state index is 6.12. The van der Waals surface area contributed by atoms with Crippen molar-refractivity contribution in [1.29, 1.82) is 0 Å². The first-order chi connectivity index (χ1) is 9.48. The summed E-state index contributed by atoms with van der Waals surface area (Å²) < 4.78 is 0. The zero-order chi connectivity index (χ0) is 15.3. The molecular formula is C19H42ClN. The van der Waals surface area contributed by atoms with Gasteiger partial charge in [-0.1, -0.05) is 90.9 Å². The second-order valence-corrected chi connectivity index (χ2v) is 7.40. The zero-order valence-electron chi connectivity index (χ0n) is 15.3. The molecule has 0 rings (SSSR count). The van der Waals surface area contributed by atoms with Crippen LogP contribution in [0.1, 0.15) is 111 Å². The molecule has 0 spiro atoms. The van der Waals surface area contributed by atoms with Crippen molar-refractivity contribution < 1.29 is 0 Å². The van der Waals surface area contributed by atoms with E-state index in [2.05, 4.69) is 27.7 Å². The monoisotopic (exact) mass is 319 g/mol. The summed E-state index contributed by atoms with van der Waals surface area (Å²) in [6.45, 7) is 8.88. The lowest BCUT2D eigenvalue weighted by Crippen LogP contribution is -2.39. The van der Waals surface area contributed by atoms with Crippen LogP contribution >= 0.6 is 12.4 Å². The smallest absolute Gasteiger partial charge is 0.0123 e. The molecule has 0 aliphatic carbocycles. The van der Waals surface area contributed by atoms with Crippen LogP contribution in [0, 0.1) is 5.92 Å². The Labute approximate surface area is 141 Å². The van der Waals surface area contributed by atoms with Gasteiger partial charge in [-0.05, 0) is 26.2 Å². The van der Waals surface area contributed by atoms with E-state index in [1.807, 2.05) is 0 Å². The first-order valence-corrected chi connectivity index (χ1v) is 9.27. The van der Waals surface area contributed by atoms with Gasteiger partial charge in [0.2, 0.25) is 0 Å². The fraction of sp³-hybridized carbons (Fsp3) is 1.00. The van der Waals surface area contributed by atoms with Crippen molar-refractivity contribution >= 4 is 12.4 Å². The van der Waals surface area contributed by atoms with E-state index in [0.29, 0.717) is 5.92 Å². The molecule has 21 heavy (non-hydrogen) atoms. The predicted molar refractivity (Wildman–Crippen MR) is 100 cm³/mol. The molecule has 0 bridgehead atoms. The second kappa shape index (κ2) is 15.2. The largest absolute Gasteiger partial charge is 0.325 e. The molecule has 0 aromatic rings. The molecular weight excluding hydrogens is 278 g/mol. The molecule has 0 saturated heterocycles. The Balaban J connectivity index is 0. The summed E-state index contributed by atoms with van der Waals surface area (Å²) in [5.74, 6) is 0.644. The molecule has 0 aliphatic rings. The maximum Gasteiger partial charge on any atom is 0.0123 e. The zero-order valence-corrected chi connectivity index (χ0v) is 16.1. The van der Waals surface area contributed by atoms with Gasteiger partial charge in [0.25, 0.3) is 0 Å². The average molecular weight is 320 g/mol. The van der Waals surface area contributed by atoms with E-state index in [9.17, 15) is 0 Å². The van der Waals surface area contributed by atoms with Crippen molar-refractivity contribution in [2.45, 2.75) is 117 Å². The minimum absolute atomic E-state index is 0. The average Bonchev–Trinajstić information content (AvgIpc) is 2.38. The molecule has 2 heteroatoms. The van der Waals surface area contributed by atoms with Crippen molar-refractivity contribution in [3.8, 4) is 0 Å². The SMILES string of the molecule is CCCCCCCCCCCCCCC(C)C(C)(C)N.Cl. The Morgan fingerprint density at radius 3 is 1.38 bits per heavy atom. The third-order valence-electron chi connectivity index (χ3n) is 4.76. The molecule has 0 amide bonds. The van der Waals surface area contributed by atoms with E-state index in [4.69, 9.17) is 5.73 Å². The van der Waals surface area contributed by atoms with Crippen LogP contribution in [0.2, 0.25) is 0 Å². The van der Waals surface area contributed by atoms with E-state index in [-0.39, 0.29) is 17.9 Å². The second-order valence-electron chi connectivity index (χ2n) is 7.40. The highest BCUT2D eigenvalue weighted by Crippen LogP contribution is 2.20. The minimum Gasteiger partial charge on any atom is -0.325 e. The number of hydrogen-bond acceptors (Lipinski definition) is 1. The molecule has 0 aromatic heterocycles. The first kappa shape index (κ1) is 23.5. The minimum atomic E-state index is -0.00221. The molecule has 0 aromatic carbocycles. The van der Waals surface area contributed by atoms with Gasteiger partial charge in [-0.25, -0.2) is 0 Å². The van der Waals surface area contributed by atoms with Crippen molar-refractivity contribution in [3.63, 3.8) is 0 Å². The van der Waals surface area contributed by atoms with Gasteiger partial charge in [0, 0.05) is 5.54 Å². The van der Waals surface area contributed by atoms with Crippen molar-refractivity contribution in [3.05, 3.63) is 0 Å². The van der Waals surface area contributed by atoms with E-state index in [1.54, 1.807) is 0 Å². The normalized spacial score (nSPS) is 13.0. The van der Waals surface area contributed by atoms with Crippen LogP contribution in [-0.2, 0) is 0 Å². The molecule has 130 valence electrons. The summed E-state index contributed by atoms with van der Waals surface area (Å²) in [6.07, 6.45) is 18.4. The molecule has 1 nitrogen and oxygen atoms in total. The van der Waals surface area contributed by atoms with Crippen LogP contribution in [0.15, 0.2) is 0 Å². The molecule has 0 radical (unpaired) electrons. The highest BCUT2D eigenvalue weighted by atomic mass is 35.5. The molecule has 0 aliphatic heterocycles. The maximum atomic E-state index is 6.12. The van der Waals surface area contributed by atoms with Gasteiger partial charge >= 0.3 is 0 Å². The third kappa shape index (κ3) is 16.4. The van der Waals surface area contributed by atoms with Gasteiger partial charge in [0.1, 0.15) is 0 Å². The van der Waals surface area contributed by atoms with Gasteiger partial charge in [-0.2, -0.15) is 0 Å². The van der Waals surface area contributed by atoms with Gasteiger partial charge < -0.3 is 5.73 Å². The quantitative estimate of drug-likeness (QED) is 0.347. The van der Waals surface area contributed by atoms with Gasteiger partial charge in [-0.15, -0.1) is 12.4 Å². The number of unbranched alkanes of at least 4 members (excludes halogenated alkanes) is 11. The Hall–Kier alpha value is 0.250. The summed E-state index contributed by atoms with van der Waals surface area (Å²) in [6, 6.07) is 0. The van der Waals surface area contributed by atoms with Crippen molar-refractivity contribution in [2.24, 2.45) is 11.7 Å². The fourth-order valence-corrected chi connectivity index (χ4v) is 2.66. The highest BCUT2D eigenvalue weighted by molar-refractivity contribution is 5.85. The van der Waals surface area contributed by atoms with Crippen LogP contribution in [-0.4, -0.2) is 5.54 Å². The summed E-state index contributed by atoms with van der Waals surface area (Å²) in [7, 11) is 0. The Morgan fingerprint density at radius 1 is 0.714 bits per heavy atom. The van der Waals surface area contributed by atoms with Crippen LogP contribution in [0.4, 0.5) is 0 Å². The fourth-order valence-electron chi connectivity index (χ4n) is 2.66. The van der Waals surface area contributed by atoms with Gasteiger partial charge in [0.15, 0.2) is 0 Å². The molecule has 2 N–H and O–H groups in total. The van der Waals surface area contributed by atoms with Crippen LogP contribution in [0.5, 0.6) is 0 Å². The van der Waals surface area contributed by atoms with Crippen molar-refractivity contribution in [1.82, 2.24) is 0 Å². The summed E-state index contributed by atoms with van der Waals surface area (Å²) in [5.41, 5.74) is 6.12. The number of halogens is 1. The molecule has 1 unspecified atom stereocenters. The predicted octanol–water partition coefficient (Wildman–Crippen LogP) is 6.87. The Kier molecular flexibility index (Phi) is 17.0. The molecule has 1 atom stereocenters. The van der Waals surface area contributed by atoms with Crippen LogP contribution in [0.3, 0.4) is 0 Å². The van der Waals surface area contributed by atoms with E-state index in [0.717, 1.165) is 0 Å². The Bertz CT molecular complexity index is 198. The highest BCUT2D eigenvalue weighted by Gasteiger charge is 2.19. The van der Waals surface area contributed by atoms with Gasteiger partial charge in [-0.3, -0.25) is 0 Å². The first-order valence-electron chi connectivity index (χ1n) is 9.27. The molecule has 0 saturated carbocycles. The number of hydrogen-bond donors (Lipinski definition) is 1. The van der Waals surface area contributed by atoms with Gasteiger partial charge in [0.05, 0.1) is 0 Å². The number of rotatable bonds is 14. The summed E-state index contributed by atoms with van der Waals surface area (Å²) in [4.78, 5) is 0. The standard InChI is InChI=1S/C19H41N.ClH/c1-5-6-7-8-9-10-11-12-13-14-15-16-17-18(2)19(3,4)20;/h18H,5-17,20H2,1-4H3;1H. The third-order valence-corrected chi connectivity index (χ3v) is 4.76. The molecule has 0 fully saturated rings. The lowest BCUT2D eigenvalue weighted by atomic mass is 9.86.